The second-order valence-electron chi connectivity index (χ2n) is 6.11. The van der Waals surface area contributed by atoms with Crippen molar-refractivity contribution in [2.24, 2.45) is 5.92 Å². The molecule has 128 valence electrons. The molecule has 1 fully saturated rings. The van der Waals surface area contributed by atoms with Crippen LogP contribution in [0.3, 0.4) is 0 Å². The lowest BCUT2D eigenvalue weighted by atomic mass is 9.86. The van der Waals surface area contributed by atoms with Crippen LogP contribution in [0.15, 0.2) is 17.8 Å². The van der Waals surface area contributed by atoms with Gasteiger partial charge in [0, 0.05) is 13.0 Å². The molecular formula is C16H27N5OS. The molecule has 1 aromatic heterocycles. The first-order valence-corrected chi connectivity index (χ1v) is 9.24. The number of thioether (sulfide) groups is 1. The summed E-state index contributed by atoms with van der Waals surface area (Å²) in [5.74, 6) is 7.63. The molecule has 1 aliphatic carbocycles. The molecule has 1 aliphatic rings. The summed E-state index contributed by atoms with van der Waals surface area (Å²) in [5.41, 5.74) is 0. The molecule has 1 aromatic rings. The molecule has 1 amide bonds. The minimum Gasteiger partial charge on any atom is -0.352 e. The third-order valence-corrected chi connectivity index (χ3v) is 5.36. The molecule has 7 heteroatoms. The average Bonchev–Trinajstić information content (AvgIpc) is 2.91. The predicted molar refractivity (Wildman–Crippen MR) is 93.6 cm³/mol. The molecule has 6 nitrogen and oxygen atoms in total. The first-order valence-electron chi connectivity index (χ1n) is 8.36. The number of carbonyl (C=O) groups is 1. The van der Waals surface area contributed by atoms with Gasteiger partial charge in [-0.15, -0.1) is 16.8 Å². The van der Waals surface area contributed by atoms with E-state index < -0.39 is 0 Å². The smallest absolute Gasteiger partial charge is 0.233 e. The van der Waals surface area contributed by atoms with Crippen LogP contribution in [0, 0.1) is 5.92 Å². The summed E-state index contributed by atoms with van der Waals surface area (Å²) in [4.78, 5) is 11.9. The van der Waals surface area contributed by atoms with Crippen molar-refractivity contribution in [2.75, 3.05) is 12.4 Å². The van der Waals surface area contributed by atoms with Gasteiger partial charge in [0.25, 0.3) is 0 Å². The first kappa shape index (κ1) is 17.8. The molecule has 0 bridgehead atoms. The third kappa shape index (κ3) is 5.27. The number of rotatable bonds is 8. The molecule has 0 aliphatic heterocycles. The van der Waals surface area contributed by atoms with Gasteiger partial charge >= 0.3 is 0 Å². The highest BCUT2D eigenvalue weighted by atomic mass is 32.2. The number of nitrogens with two attached hydrogens (primary N) is 1. The van der Waals surface area contributed by atoms with Crippen molar-refractivity contribution >= 4 is 17.7 Å². The minimum absolute atomic E-state index is 0.0540. The van der Waals surface area contributed by atoms with Crippen molar-refractivity contribution < 1.29 is 4.79 Å². The Hall–Kier alpha value is -1.50. The Morgan fingerprint density at radius 2 is 2.22 bits per heavy atom. The second-order valence-corrected chi connectivity index (χ2v) is 7.41. The number of hydrogen-bond donors (Lipinski definition) is 2. The van der Waals surface area contributed by atoms with Crippen molar-refractivity contribution in [3.8, 4) is 0 Å². The Labute approximate surface area is 142 Å². The van der Waals surface area contributed by atoms with E-state index in [-0.39, 0.29) is 11.2 Å². The van der Waals surface area contributed by atoms with E-state index in [0.29, 0.717) is 11.7 Å². The van der Waals surface area contributed by atoms with E-state index in [0.717, 1.165) is 24.6 Å². The maximum Gasteiger partial charge on any atom is 0.233 e. The summed E-state index contributed by atoms with van der Waals surface area (Å²) < 4.78 is 1.53. The van der Waals surface area contributed by atoms with Crippen molar-refractivity contribution in [2.45, 2.75) is 62.3 Å². The van der Waals surface area contributed by atoms with E-state index in [2.05, 4.69) is 22.1 Å². The van der Waals surface area contributed by atoms with E-state index in [4.69, 9.17) is 5.84 Å². The molecule has 0 unspecified atom stereocenters. The van der Waals surface area contributed by atoms with E-state index in [1.807, 2.05) is 6.92 Å². The molecule has 0 spiro atoms. The zero-order valence-electron chi connectivity index (χ0n) is 13.8. The summed E-state index contributed by atoms with van der Waals surface area (Å²) in [5, 5.41) is 11.4. The van der Waals surface area contributed by atoms with Crippen LogP contribution in [-0.2, 0) is 11.2 Å². The molecule has 0 radical (unpaired) electrons. The Morgan fingerprint density at radius 1 is 1.48 bits per heavy atom. The van der Waals surface area contributed by atoms with E-state index in [1.165, 1.54) is 48.5 Å². The van der Waals surface area contributed by atoms with Gasteiger partial charge in [-0.2, -0.15) is 0 Å². The average molecular weight is 337 g/mol. The lowest BCUT2D eigenvalue weighted by molar-refractivity contribution is -0.120. The fourth-order valence-corrected chi connectivity index (χ4v) is 3.71. The van der Waals surface area contributed by atoms with Crippen molar-refractivity contribution in [3.05, 3.63) is 18.5 Å². The number of hydrogen-bond acceptors (Lipinski definition) is 5. The van der Waals surface area contributed by atoms with Crippen LogP contribution in [0.5, 0.6) is 0 Å². The molecule has 0 saturated heterocycles. The zero-order valence-corrected chi connectivity index (χ0v) is 14.6. The Balaban J connectivity index is 1.85. The predicted octanol–water partition coefficient (Wildman–Crippen LogP) is 2.29. The van der Waals surface area contributed by atoms with Gasteiger partial charge in [-0.05, 0) is 19.3 Å². The second kappa shape index (κ2) is 8.96. The summed E-state index contributed by atoms with van der Waals surface area (Å²) in [7, 11) is 0. The van der Waals surface area contributed by atoms with Gasteiger partial charge in [-0.3, -0.25) is 4.79 Å². The molecule has 3 N–H and O–H groups in total. The van der Waals surface area contributed by atoms with Crippen LogP contribution >= 0.6 is 11.8 Å². The number of aromatic nitrogens is 3. The maximum absolute atomic E-state index is 11.9. The standard InChI is InChI=1S/C16H27N5OS/c1-3-11-18-15(22)12(2)23-16-20-19-14(21(16)17)10-9-13-7-5-4-6-8-13/h3,12-13H,1,4-11,17H2,2H3,(H,18,22)/t12-/m1/s1. The van der Waals surface area contributed by atoms with Gasteiger partial charge in [0.05, 0.1) is 5.25 Å². The molecule has 23 heavy (non-hydrogen) atoms. The highest BCUT2D eigenvalue weighted by molar-refractivity contribution is 8.00. The summed E-state index contributed by atoms with van der Waals surface area (Å²) in [6.45, 7) is 5.88. The Kier molecular flexibility index (Phi) is 6.95. The summed E-state index contributed by atoms with van der Waals surface area (Å²) in [6, 6.07) is 0. The van der Waals surface area contributed by atoms with Gasteiger partial charge < -0.3 is 11.2 Å². The van der Waals surface area contributed by atoms with Crippen LogP contribution in [-0.4, -0.2) is 32.6 Å². The molecule has 1 heterocycles. The molecular weight excluding hydrogens is 310 g/mol. The third-order valence-electron chi connectivity index (χ3n) is 4.31. The van der Waals surface area contributed by atoms with Crippen LogP contribution in [0.4, 0.5) is 0 Å². The van der Waals surface area contributed by atoms with E-state index in [1.54, 1.807) is 6.08 Å². The largest absolute Gasteiger partial charge is 0.352 e. The number of aryl methyl sites for hydroxylation is 1. The normalized spacial score (nSPS) is 16.9. The lowest BCUT2D eigenvalue weighted by Gasteiger charge is -2.20. The van der Waals surface area contributed by atoms with Crippen LogP contribution < -0.4 is 11.2 Å². The molecule has 0 aromatic carbocycles. The monoisotopic (exact) mass is 337 g/mol. The maximum atomic E-state index is 11.9. The van der Waals surface area contributed by atoms with Crippen LogP contribution in [0.1, 0.15) is 51.3 Å². The number of nitrogens with zero attached hydrogens (tertiary/aromatic N) is 3. The SMILES string of the molecule is C=CCNC(=O)[C@@H](C)Sc1nnc(CCC2CCCCC2)n1N. The van der Waals surface area contributed by atoms with Gasteiger partial charge in [-0.25, -0.2) is 4.68 Å². The molecule has 2 rings (SSSR count). The van der Waals surface area contributed by atoms with Crippen molar-refractivity contribution in [1.29, 1.82) is 0 Å². The minimum atomic E-state index is -0.271. The van der Waals surface area contributed by atoms with Crippen molar-refractivity contribution in [1.82, 2.24) is 20.2 Å². The molecule has 1 atom stereocenters. The quantitative estimate of drug-likeness (QED) is 0.432. The number of nitrogen functional groups attached to an aromatic ring is 1. The fourth-order valence-electron chi connectivity index (χ4n) is 2.90. The Morgan fingerprint density at radius 3 is 2.91 bits per heavy atom. The fraction of sp³-hybridized carbons (Fsp3) is 0.688. The highest BCUT2D eigenvalue weighted by Crippen LogP contribution is 2.28. The topological polar surface area (TPSA) is 85.8 Å². The summed E-state index contributed by atoms with van der Waals surface area (Å²) >= 11 is 1.33. The summed E-state index contributed by atoms with van der Waals surface area (Å²) in [6.07, 6.45) is 10.3. The van der Waals surface area contributed by atoms with Gasteiger partial charge in [-0.1, -0.05) is 49.9 Å². The number of amides is 1. The van der Waals surface area contributed by atoms with Gasteiger partial charge in [0.15, 0.2) is 5.82 Å². The highest BCUT2D eigenvalue weighted by Gasteiger charge is 2.20. The van der Waals surface area contributed by atoms with Crippen LogP contribution in [0.25, 0.3) is 0 Å². The molecule has 1 saturated carbocycles. The number of carbonyl (C=O) groups excluding carboxylic acids is 1. The van der Waals surface area contributed by atoms with E-state index in [9.17, 15) is 4.79 Å². The van der Waals surface area contributed by atoms with Gasteiger partial charge in [0.2, 0.25) is 11.1 Å². The zero-order chi connectivity index (χ0) is 16.7. The lowest BCUT2D eigenvalue weighted by Crippen LogP contribution is -2.31. The van der Waals surface area contributed by atoms with Crippen LogP contribution in [0.2, 0.25) is 0 Å². The van der Waals surface area contributed by atoms with E-state index >= 15 is 0 Å². The van der Waals surface area contributed by atoms with Gasteiger partial charge in [0.1, 0.15) is 0 Å². The Bertz CT molecular complexity index is 525. The first-order chi connectivity index (χ1) is 11.1. The number of nitrogens with one attached hydrogen (secondary N) is 1. The van der Waals surface area contributed by atoms with Crippen molar-refractivity contribution in [3.63, 3.8) is 0 Å².